The first-order valence-electron chi connectivity index (χ1n) is 10.3. The standard InChI is InChI=1S/C25H18F2N4O3/c1-13-11-14(7-9-16(13)26)21-22(29-23(28-21)24(32)33)15-8-10-19-20(12-15)30(2)25(34)31(19)18-6-4-3-5-17(18)27/h3-12H,1-2H3,(H,28,29)(H,32,33). The highest BCUT2D eigenvalue weighted by Crippen LogP contribution is 2.33. The van der Waals surface area contributed by atoms with Crippen LogP contribution in [0.3, 0.4) is 0 Å². The number of hydrogen-bond donors (Lipinski definition) is 2. The zero-order chi connectivity index (χ0) is 24.1. The van der Waals surface area contributed by atoms with E-state index in [1.54, 1.807) is 50.4 Å². The first-order valence-corrected chi connectivity index (χ1v) is 10.3. The third-order valence-electron chi connectivity index (χ3n) is 5.78. The van der Waals surface area contributed by atoms with Crippen LogP contribution in [0.4, 0.5) is 8.78 Å². The van der Waals surface area contributed by atoms with E-state index in [1.165, 1.54) is 33.4 Å². The Morgan fingerprint density at radius 1 is 0.971 bits per heavy atom. The van der Waals surface area contributed by atoms with E-state index in [-0.39, 0.29) is 17.3 Å². The van der Waals surface area contributed by atoms with Gasteiger partial charge in [0.2, 0.25) is 5.82 Å². The maximum atomic E-state index is 14.5. The third-order valence-corrected chi connectivity index (χ3v) is 5.78. The highest BCUT2D eigenvalue weighted by Gasteiger charge is 2.21. The number of imidazole rings is 2. The van der Waals surface area contributed by atoms with Crippen LogP contribution < -0.4 is 5.69 Å². The number of para-hydroxylation sites is 1. The van der Waals surface area contributed by atoms with Gasteiger partial charge < -0.3 is 10.1 Å². The molecule has 0 radical (unpaired) electrons. The summed E-state index contributed by atoms with van der Waals surface area (Å²) in [6.07, 6.45) is 0. The van der Waals surface area contributed by atoms with Crippen molar-refractivity contribution in [2.45, 2.75) is 6.92 Å². The molecule has 0 saturated carbocycles. The van der Waals surface area contributed by atoms with Crippen molar-refractivity contribution in [1.29, 1.82) is 0 Å². The van der Waals surface area contributed by atoms with Crippen molar-refractivity contribution in [3.05, 3.63) is 94.2 Å². The molecule has 5 aromatic rings. The van der Waals surface area contributed by atoms with Gasteiger partial charge in [-0.3, -0.25) is 9.13 Å². The molecule has 2 heterocycles. The molecule has 5 rings (SSSR count). The number of carbonyl (C=O) groups is 1. The number of nitrogens with zero attached hydrogens (tertiary/aromatic N) is 3. The lowest BCUT2D eigenvalue weighted by Gasteiger charge is -2.07. The normalized spacial score (nSPS) is 11.3. The predicted octanol–water partition coefficient (Wildman–Crippen LogP) is 4.67. The van der Waals surface area contributed by atoms with Crippen LogP contribution in [0.15, 0.2) is 65.5 Å². The van der Waals surface area contributed by atoms with Crippen molar-refractivity contribution in [3.63, 3.8) is 0 Å². The van der Waals surface area contributed by atoms with Crippen LogP contribution >= 0.6 is 0 Å². The van der Waals surface area contributed by atoms with E-state index in [4.69, 9.17) is 0 Å². The zero-order valence-electron chi connectivity index (χ0n) is 18.1. The van der Waals surface area contributed by atoms with E-state index >= 15 is 0 Å². The number of aromatic carboxylic acids is 1. The van der Waals surface area contributed by atoms with Crippen molar-refractivity contribution >= 4 is 17.0 Å². The topological polar surface area (TPSA) is 92.9 Å². The molecule has 0 bridgehead atoms. The minimum atomic E-state index is -1.24. The maximum Gasteiger partial charge on any atom is 0.371 e. The molecule has 0 fully saturated rings. The molecule has 2 aromatic heterocycles. The van der Waals surface area contributed by atoms with Crippen LogP contribution in [0, 0.1) is 18.6 Å². The van der Waals surface area contributed by atoms with E-state index in [1.807, 2.05) is 0 Å². The number of aromatic amines is 1. The second-order valence-electron chi connectivity index (χ2n) is 7.91. The van der Waals surface area contributed by atoms with Crippen molar-refractivity contribution in [3.8, 4) is 28.2 Å². The molecular weight excluding hydrogens is 442 g/mol. The van der Waals surface area contributed by atoms with E-state index in [9.17, 15) is 23.5 Å². The quantitative estimate of drug-likeness (QED) is 0.408. The van der Waals surface area contributed by atoms with E-state index in [0.29, 0.717) is 39.1 Å². The number of H-pyrrole nitrogens is 1. The van der Waals surface area contributed by atoms with Gasteiger partial charge >= 0.3 is 11.7 Å². The van der Waals surface area contributed by atoms with Gasteiger partial charge in [-0.25, -0.2) is 23.4 Å². The summed E-state index contributed by atoms with van der Waals surface area (Å²) in [5, 5.41) is 9.48. The van der Waals surface area contributed by atoms with E-state index in [0.717, 1.165) is 0 Å². The minimum absolute atomic E-state index is 0.128. The smallest absolute Gasteiger partial charge is 0.371 e. The molecule has 2 N–H and O–H groups in total. The number of nitrogens with one attached hydrogen (secondary N) is 1. The van der Waals surface area contributed by atoms with Gasteiger partial charge in [-0.15, -0.1) is 0 Å². The number of rotatable bonds is 4. The molecular formula is C25H18F2N4O3. The average molecular weight is 460 g/mol. The predicted molar refractivity (Wildman–Crippen MR) is 123 cm³/mol. The van der Waals surface area contributed by atoms with E-state index in [2.05, 4.69) is 9.97 Å². The number of benzene rings is 3. The Balaban J connectivity index is 1.74. The van der Waals surface area contributed by atoms with Gasteiger partial charge in [0.05, 0.1) is 28.1 Å². The Bertz CT molecular complexity index is 1660. The molecule has 0 spiro atoms. The summed E-state index contributed by atoms with van der Waals surface area (Å²) >= 11 is 0. The van der Waals surface area contributed by atoms with Crippen LogP contribution in [-0.2, 0) is 7.05 Å². The van der Waals surface area contributed by atoms with Crippen LogP contribution in [-0.4, -0.2) is 30.2 Å². The highest BCUT2D eigenvalue weighted by atomic mass is 19.1. The lowest BCUT2D eigenvalue weighted by Crippen LogP contribution is -2.21. The fraction of sp³-hybridized carbons (Fsp3) is 0.0800. The Kier molecular flexibility index (Phi) is 4.89. The highest BCUT2D eigenvalue weighted by molar-refractivity contribution is 5.91. The summed E-state index contributed by atoms with van der Waals surface area (Å²) in [5.74, 6) is -2.43. The average Bonchev–Trinajstić information content (AvgIpc) is 3.37. The largest absolute Gasteiger partial charge is 0.475 e. The van der Waals surface area contributed by atoms with Crippen LogP contribution in [0.25, 0.3) is 39.2 Å². The monoisotopic (exact) mass is 460 g/mol. The van der Waals surface area contributed by atoms with Gasteiger partial charge in [0, 0.05) is 18.2 Å². The lowest BCUT2D eigenvalue weighted by molar-refractivity contribution is 0.0685. The third kappa shape index (κ3) is 3.29. The minimum Gasteiger partial charge on any atom is -0.475 e. The van der Waals surface area contributed by atoms with Gasteiger partial charge in [0.25, 0.3) is 0 Å². The summed E-state index contributed by atoms with van der Waals surface area (Å²) in [5.41, 5.74) is 2.92. The Labute approximate surface area is 191 Å². The second-order valence-corrected chi connectivity index (χ2v) is 7.91. The molecule has 0 unspecified atom stereocenters. The summed E-state index contributed by atoms with van der Waals surface area (Å²) in [4.78, 5) is 31.6. The molecule has 34 heavy (non-hydrogen) atoms. The van der Waals surface area contributed by atoms with Gasteiger partial charge in [-0.1, -0.05) is 18.2 Å². The number of aryl methyl sites for hydroxylation is 2. The van der Waals surface area contributed by atoms with Crippen molar-refractivity contribution < 1.29 is 18.7 Å². The van der Waals surface area contributed by atoms with Crippen molar-refractivity contribution in [2.75, 3.05) is 0 Å². The first kappa shape index (κ1) is 21.3. The Morgan fingerprint density at radius 2 is 1.71 bits per heavy atom. The molecule has 0 aliphatic rings. The molecule has 0 amide bonds. The molecule has 170 valence electrons. The number of aromatic nitrogens is 4. The molecule has 7 nitrogen and oxygen atoms in total. The van der Waals surface area contributed by atoms with Crippen molar-refractivity contribution in [1.82, 2.24) is 19.1 Å². The Morgan fingerprint density at radius 3 is 2.41 bits per heavy atom. The van der Waals surface area contributed by atoms with Crippen molar-refractivity contribution in [2.24, 2.45) is 7.05 Å². The van der Waals surface area contributed by atoms with Crippen LogP contribution in [0.2, 0.25) is 0 Å². The number of carboxylic acid groups (broad SMARTS) is 1. The molecule has 0 aliphatic carbocycles. The summed E-state index contributed by atoms with van der Waals surface area (Å²) in [6.45, 7) is 1.61. The number of hydrogen-bond acceptors (Lipinski definition) is 3. The first-order chi connectivity index (χ1) is 16.3. The molecule has 0 atom stereocenters. The maximum absolute atomic E-state index is 14.5. The lowest BCUT2D eigenvalue weighted by atomic mass is 10.0. The van der Waals surface area contributed by atoms with E-state index < -0.39 is 17.5 Å². The summed E-state index contributed by atoms with van der Waals surface area (Å²) < 4.78 is 30.9. The number of carboxylic acids is 1. The molecule has 3 aromatic carbocycles. The van der Waals surface area contributed by atoms with Gasteiger partial charge in [0.15, 0.2) is 0 Å². The Hall–Kier alpha value is -4.53. The fourth-order valence-corrected chi connectivity index (χ4v) is 4.04. The van der Waals surface area contributed by atoms with Gasteiger partial charge in [0.1, 0.15) is 11.6 Å². The molecule has 0 saturated heterocycles. The van der Waals surface area contributed by atoms with Gasteiger partial charge in [-0.05, 0) is 55.0 Å². The number of fused-ring (bicyclic) bond motifs is 1. The van der Waals surface area contributed by atoms with Crippen LogP contribution in [0.5, 0.6) is 0 Å². The summed E-state index contributed by atoms with van der Waals surface area (Å²) in [7, 11) is 1.58. The zero-order valence-corrected chi connectivity index (χ0v) is 18.1. The summed E-state index contributed by atoms with van der Waals surface area (Å²) in [6, 6.07) is 15.5. The molecule has 9 heteroatoms. The fourth-order valence-electron chi connectivity index (χ4n) is 4.04. The SMILES string of the molecule is Cc1cc(-c2nc(C(=O)O)[nH]c2-c2ccc3c(c2)n(C)c(=O)n3-c2ccccc2F)ccc1F. The second kappa shape index (κ2) is 7.80. The molecule has 0 aliphatic heterocycles. The van der Waals surface area contributed by atoms with Gasteiger partial charge in [-0.2, -0.15) is 0 Å². The number of halogens is 2. The van der Waals surface area contributed by atoms with Crippen LogP contribution in [0.1, 0.15) is 16.2 Å².